The Hall–Kier alpha value is -3.06. The summed E-state index contributed by atoms with van der Waals surface area (Å²) in [6.45, 7) is 4.77. The third-order valence-electron chi connectivity index (χ3n) is 3.80. The van der Waals surface area contributed by atoms with E-state index >= 15 is 0 Å². The monoisotopic (exact) mass is 385 g/mol. The summed E-state index contributed by atoms with van der Waals surface area (Å²) < 4.78 is 10.4. The highest BCUT2D eigenvalue weighted by molar-refractivity contribution is 5.94. The molecule has 28 heavy (non-hydrogen) atoms. The zero-order chi connectivity index (χ0) is 20.4. The van der Waals surface area contributed by atoms with Crippen LogP contribution in [0.4, 0.5) is 17.1 Å². The zero-order valence-electron chi connectivity index (χ0n) is 16.5. The van der Waals surface area contributed by atoms with Gasteiger partial charge in [-0.1, -0.05) is 19.9 Å². The van der Waals surface area contributed by atoms with Gasteiger partial charge in [-0.25, -0.2) is 0 Å². The Morgan fingerprint density at radius 3 is 2.32 bits per heavy atom. The molecular formula is C21H27N3O4. The fraction of sp³-hybridized carbons (Fsp3) is 0.333. The van der Waals surface area contributed by atoms with Crippen molar-refractivity contribution >= 4 is 28.9 Å². The van der Waals surface area contributed by atoms with Crippen LogP contribution in [0, 0.1) is 5.92 Å². The maximum atomic E-state index is 12.1. The molecule has 0 aliphatic rings. The summed E-state index contributed by atoms with van der Waals surface area (Å²) in [6, 6.07) is 14.4. The Labute approximate surface area is 165 Å². The minimum Gasteiger partial charge on any atom is -0.491 e. The molecule has 7 nitrogen and oxygen atoms in total. The average Bonchev–Trinajstić information content (AvgIpc) is 2.68. The Bertz CT molecular complexity index is 775. The van der Waals surface area contributed by atoms with Crippen LogP contribution in [0.15, 0.2) is 48.5 Å². The maximum Gasteiger partial charge on any atom is 0.243 e. The molecule has 0 fully saturated rings. The van der Waals surface area contributed by atoms with Gasteiger partial charge in [-0.2, -0.15) is 0 Å². The molecule has 0 aromatic heterocycles. The van der Waals surface area contributed by atoms with Crippen LogP contribution in [0.3, 0.4) is 0 Å². The van der Waals surface area contributed by atoms with Crippen molar-refractivity contribution in [2.75, 3.05) is 42.8 Å². The van der Waals surface area contributed by atoms with Crippen molar-refractivity contribution in [1.82, 2.24) is 0 Å². The van der Waals surface area contributed by atoms with Gasteiger partial charge in [0.2, 0.25) is 11.8 Å². The Balaban J connectivity index is 1.81. The summed E-state index contributed by atoms with van der Waals surface area (Å²) in [7, 11) is 1.62. The number of carbonyl (C=O) groups is 2. The molecule has 0 saturated carbocycles. The van der Waals surface area contributed by atoms with E-state index in [1.54, 1.807) is 37.4 Å². The molecule has 3 N–H and O–H groups in total. The first-order chi connectivity index (χ1) is 13.5. The number of amides is 2. The van der Waals surface area contributed by atoms with Crippen molar-refractivity contribution in [3.05, 3.63) is 48.5 Å². The highest BCUT2D eigenvalue weighted by atomic mass is 16.5. The van der Waals surface area contributed by atoms with E-state index in [0.717, 1.165) is 5.69 Å². The number of hydrogen-bond acceptors (Lipinski definition) is 5. The summed E-state index contributed by atoms with van der Waals surface area (Å²) in [5.41, 5.74) is 2.12. The van der Waals surface area contributed by atoms with Crippen LogP contribution >= 0.6 is 0 Å². The van der Waals surface area contributed by atoms with E-state index in [-0.39, 0.29) is 24.3 Å². The van der Waals surface area contributed by atoms with Gasteiger partial charge in [0.1, 0.15) is 12.4 Å². The molecule has 0 unspecified atom stereocenters. The first-order valence-electron chi connectivity index (χ1n) is 9.14. The lowest BCUT2D eigenvalue weighted by Crippen LogP contribution is -2.22. The first kappa shape index (κ1) is 21.2. The molecule has 0 radical (unpaired) electrons. The van der Waals surface area contributed by atoms with Crippen LogP contribution in [0.2, 0.25) is 0 Å². The molecule has 0 saturated heterocycles. The van der Waals surface area contributed by atoms with Gasteiger partial charge >= 0.3 is 0 Å². The summed E-state index contributed by atoms with van der Waals surface area (Å²) in [6.07, 6.45) is 0. The third-order valence-corrected chi connectivity index (χ3v) is 3.80. The number of hydrogen-bond donors (Lipinski definition) is 3. The second kappa shape index (κ2) is 10.9. The molecule has 2 aromatic rings. The molecule has 150 valence electrons. The van der Waals surface area contributed by atoms with E-state index in [2.05, 4.69) is 16.0 Å². The van der Waals surface area contributed by atoms with Gasteiger partial charge in [-0.3, -0.25) is 9.59 Å². The molecule has 2 aromatic carbocycles. The molecule has 0 aliphatic carbocycles. The van der Waals surface area contributed by atoms with Gasteiger partial charge in [-0.15, -0.1) is 0 Å². The summed E-state index contributed by atoms with van der Waals surface area (Å²) >= 11 is 0. The lowest BCUT2D eigenvalue weighted by molar-refractivity contribution is -0.119. The second-order valence-electron chi connectivity index (χ2n) is 6.49. The standard InChI is InChI=1S/C21H27N3O4/c1-15(2)21(26)24-18-6-4-5-17(13-18)22-14-20(25)23-16-7-9-19(10-8-16)28-12-11-27-3/h4-10,13,15,22H,11-12,14H2,1-3H3,(H,23,25)(H,24,26). The zero-order valence-corrected chi connectivity index (χ0v) is 16.5. The summed E-state index contributed by atoms with van der Waals surface area (Å²) in [5.74, 6) is 0.391. The third kappa shape index (κ3) is 7.28. The SMILES string of the molecule is COCCOc1ccc(NC(=O)CNc2cccc(NC(=O)C(C)C)c2)cc1. The highest BCUT2D eigenvalue weighted by Gasteiger charge is 2.08. The van der Waals surface area contributed by atoms with E-state index in [1.807, 2.05) is 32.0 Å². The average molecular weight is 385 g/mol. The van der Waals surface area contributed by atoms with Crippen LogP contribution in [-0.4, -0.2) is 38.7 Å². The van der Waals surface area contributed by atoms with Gasteiger partial charge in [0.25, 0.3) is 0 Å². The molecule has 7 heteroatoms. The van der Waals surface area contributed by atoms with Gasteiger partial charge in [0.05, 0.1) is 13.2 Å². The fourth-order valence-electron chi connectivity index (χ4n) is 2.26. The largest absolute Gasteiger partial charge is 0.491 e. The number of rotatable bonds is 10. The second-order valence-corrected chi connectivity index (χ2v) is 6.49. The van der Waals surface area contributed by atoms with Gasteiger partial charge in [0, 0.05) is 30.1 Å². The molecule has 2 amide bonds. The van der Waals surface area contributed by atoms with Crippen molar-refractivity contribution in [2.45, 2.75) is 13.8 Å². The number of ether oxygens (including phenoxy) is 2. The molecule has 2 rings (SSSR count). The van der Waals surface area contributed by atoms with Crippen molar-refractivity contribution in [1.29, 1.82) is 0 Å². The van der Waals surface area contributed by atoms with Crippen LogP contribution in [-0.2, 0) is 14.3 Å². The normalized spacial score (nSPS) is 10.4. The van der Waals surface area contributed by atoms with Crippen molar-refractivity contribution in [3.8, 4) is 5.75 Å². The van der Waals surface area contributed by atoms with Crippen molar-refractivity contribution < 1.29 is 19.1 Å². The highest BCUT2D eigenvalue weighted by Crippen LogP contribution is 2.17. The lowest BCUT2D eigenvalue weighted by atomic mass is 10.2. The summed E-state index contributed by atoms with van der Waals surface area (Å²) in [5, 5.41) is 8.70. The Morgan fingerprint density at radius 2 is 1.64 bits per heavy atom. The number of benzene rings is 2. The predicted octanol–water partition coefficient (Wildman–Crippen LogP) is 3.36. The van der Waals surface area contributed by atoms with E-state index in [9.17, 15) is 9.59 Å². The number of carbonyl (C=O) groups excluding carboxylic acids is 2. The minimum atomic E-state index is -0.176. The fourth-order valence-corrected chi connectivity index (χ4v) is 2.26. The first-order valence-corrected chi connectivity index (χ1v) is 9.14. The predicted molar refractivity (Wildman–Crippen MR) is 111 cm³/mol. The molecule has 0 bridgehead atoms. The van der Waals surface area contributed by atoms with E-state index in [0.29, 0.717) is 30.3 Å². The Kier molecular flexibility index (Phi) is 8.30. The van der Waals surface area contributed by atoms with Gasteiger partial charge in [-0.05, 0) is 42.5 Å². The topological polar surface area (TPSA) is 88.7 Å². The van der Waals surface area contributed by atoms with Crippen LogP contribution in [0.25, 0.3) is 0 Å². The van der Waals surface area contributed by atoms with Gasteiger partial charge in [0.15, 0.2) is 0 Å². The van der Waals surface area contributed by atoms with E-state index in [1.165, 1.54) is 0 Å². The Morgan fingerprint density at radius 1 is 0.929 bits per heavy atom. The van der Waals surface area contributed by atoms with E-state index < -0.39 is 0 Å². The molecule has 0 spiro atoms. The smallest absolute Gasteiger partial charge is 0.243 e. The van der Waals surface area contributed by atoms with Crippen LogP contribution in [0.5, 0.6) is 5.75 Å². The number of nitrogens with one attached hydrogen (secondary N) is 3. The lowest BCUT2D eigenvalue weighted by Gasteiger charge is -2.11. The molecule has 0 aliphatic heterocycles. The minimum absolute atomic E-state index is 0.0514. The molecule has 0 heterocycles. The quantitative estimate of drug-likeness (QED) is 0.546. The van der Waals surface area contributed by atoms with Crippen LogP contribution in [0.1, 0.15) is 13.8 Å². The van der Waals surface area contributed by atoms with Crippen molar-refractivity contribution in [3.63, 3.8) is 0 Å². The van der Waals surface area contributed by atoms with Crippen molar-refractivity contribution in [2.24, 2.45) is 5.92 Å². The van der Waals surface area contributed by atoms with Gasteiger partial charge < -0.3 is 25.4 Å². The number of methoxy groups -OCH3 is 1. The molecule has 0 atom stereocenters. The molecular weight excluding hydrogens is 358 g/mol. The number of anilines is 3. The van der Waals surface area contributed by atoms with Crippen LogP contribution < -0.4 is 20.7 Å². The summed E-state index contributed by atoms with van der Waals surface area (Å²) in [4.78, 5) is 23.9. The maximum absolute atomic E-state index is 12.1. The van der Waals surface area contributed by atoms with E-state index in [4.69, 9.17) is 9.47 Å².